The third kappa shape index (κ3) is 3.09. The molecule has 0 aromatic heterocycles. The van der Waals surface area contributed by atoms with E-state index in [1.807, 2.05) is 0 Å². The van der Waals surface area contributed by atoms with Gasteiger partial charge in [-0.05, 0) is 38.1 Å². The van der Waals surface area contributed by atoms with E-state index in [1.54, 1.807) is 6.07 Å². The lowest BCUT2D eigenvalue weighted by molar-refractivity contribution is 0.237. The van der Waals surface area contributed by atoms with Crippen LogP contribution in [0.3, 0.4) is 0 Å². The Morgan fingerprint density at radius 3 is 2.75 bits per heavy atom. The van der Waals surface area contributed by atoms with Crippen LogP contribution in [0.1, 0.15) is 12.8 Å². The second-order valence-electron chi connectivity index (χ2n) is 3.97. The van der Waals surface area contributed by atoms with Crippen molar-refractivity contribution in [2.24, 2.45) is 0 Å². The molecule has 0 saturated carbocycles. The molecule has 1 heterocycles. The first-order valence-electron chi connectivity index (χ1n) is 5.56. The molecule has 4 heteroatoms. The van der Waals surface area contributed by atoms with E-state index in [9.17, 15) is 4.39 Å². The lowest BCUT2D eigenvalue weighted by Crippen LogP contribution is -2.25. The summed E-state index contributed by atoms with van der Waals surface area (Å²) in [4.78, 5) is 2.35. The Kier molecular flexibility index (Phi) is 4.02. The van der Waals surface area contributed by atoms with E-state index < -0.39 is 5.82 Å². The zero-order valence-electron chi connectivity index (χ0n) is 9.09. The Balaban J connectivity index is 1.78. The Hall–Kier alpha value is -0.800. The maximum atomic E-state index is 13.1. The summed E-state index contributed by atoms with van der Waals surface area (Å²) in [6, 6.07) is 4.53. The van der Waals surface area contributed by atoms with E-state index in [0.29, 0.717) is 12.4 Å². The molecule has 1 aliphatic heterocycles. The zero-order valence-corrected chi connectivity index (χ0v) is 9.84. The van der Waals surface area contributed by atoms with E-state index in [0.717, 1.165) is 19.6 Å². The molecule has 0 radical (unpaired) electrons. The van der Waals surface area contributed by atoms with Gasteiger partial charge in [0.2, 0.25) is 0 Å². The predicted molar refractivity (Wildman–Crippen MR) is 62.6 cm³/mol. The van der Waals surface area contributed by atoms with Crippen LogP contribution in [0.4, 0.5) is 4.39 Å². The number of rotatable bonds is 4. The Morgan fingerprint density at radius 2 is 2.06 bits per heavy atom. The molecule has 1 aromatic rings. The lowest BCUT2D eigenvalue weighted by Gasteiger charge is -2.14. The van der Waals surface area contributed by atoms with Crippen LogP contribution in [0.15, 0.2) is 18.2 Å². The molecule has 0 atom stereocenters. The van der Waals surface area contributed by atoms with Gasteiger partial charge in [-0.1, -0.05) is 11.6 Å². The van der Waals surface area contributed by atoms with E-state index in [4.69, 9.17) is 16.3 Å². The molecule has 0 bridgehead atoms. The summed E-state index contributed by atoms with van der Waals surface area (Å²) < 4.78 is 18.5. The first kappa shape index (κ1) is 11.7. The first-order valence-corrected chi connectivity index (χ1v) is 5.94. The molecule has 0 N–H and O–H groups in total. The number of halogens is 2. The van der Waals surface area contributed by atoms with Gasteiger partial charge in [-0.3, -0.25) is 4.90 Å². The lowest BCUT2D eigenvalue weighted by atomic mass is 10.3. The van der Waals surface area contributed by atoms with E-state index in [2.05, 4.69) is 4.90 Å². The van der Waals surface area contributed by atoms with Gasteiger partial charge in [-0.25, -0.2) is 4.39 Å². The number of hydrogen-bond acceptors (Lipinski definition) is 2. The van der Waals surface area contributed by atoms with Gasteiger partial charge < -0.3 is 4.74 Å². The van der Waals surface area contributed by atoms with Crippen LogP contribution in [0.5, 0.6) is 5.75 Å². The van der Waals surface area contributed by atoms with Gasteiger partial charge >= 0.3 is 0 Å². The van der Waals surface area contributed by atoms with E-state index in [1.165, 1.54) is 25.0 Å². The normalized spacial score (nSPS) is 16.6. The highest BCUT2D eigenvalue weighted by Crippen LogP contribution is 2.20. The van der Waals surface area contributed by atoms with Crippen LogP contribution in [0, 0.1) is 5.82 Å². The Bertz CT molecular complexity index is 353. The van der Waals surface area contributed by atoms with Crippen molar-refractivity contribution in [2.75, 3.05) is 26.2 Å². The standard InChI is InChI=1S/C12H15ClFNO/c13-11-4-3-10(9-12(11)14)16-8-7-15-5-1-2-6-15/h3-4,9H,1-2,5-8H2. The van der Waals surface area contributed by atoms with Gasteiger partial charge in [0.05, 0.1) is 5.02 Å². The maximum absolute atomic E-state index is 13.1. The summed E-state index contributed by atoms with van der Waals surface area (Å²) in [7, 11) is 0. The molecule has 88 valence electrons. The minimum Gasteiger partial charge on any atom is -0.492 e. The molecular weight excluding hydrogens is 229 g/mol. The van der Waals surface area contributed by atoms with E-state index in [-0.39, 0.29) is 5.02 Å². The van der Waals surface area contributed by atoms with Crippen molar-refractivity contribution in [3.05, 3.63) is 29.0 Å². The quantitative estimate of drug-likeness (QED) is 0.806. The van der Waals surface area contributed by atoms with Crippen molar-refractivity contribution < 1.29 is 9.13 Å². The minimum absolute atomic E-state index is 0.131. The Labute approximate surface area is 100.0 Å². The molecule has 1 saturated heterocycles. The minimum atomic E-state index is -0.430. The number of hydrogen-bond donors (Lipinski definition) is 0. The fourth-order valence-electron chi connectivity index (χ4n) is 1.87. The molecular formula is C12H15ClFNO. The van der Waals surface area contributed by atoms with Crippen LogP contribution >= 0.6 is 11.6 Å². The van der Waals surface area contributed by atoms with Crippen molar-refractivity contribution in [1.29, 1.82) is 0 Å². The molecule has 1 aromatic carbocycles. The predicted octanol–water partition coefficient (Wildman–Crippen LogP) is 2.95. The average Bonchev–Trinajstić information content (AvgIpc) is 2.76. The average molecular weight is 244 g/mol. The highest BCUT2D eigenvalue weighted by Gasteiger charge is 2.10. The summed E-state index contributed by atoms with van der Waals surface area (Å²) in [6.07, 6.45) is 2.55. The fraction of sp³-hybridized carbons (Fsp3) is 0.500. The van der Waals surface area contributed by atoms with Crippen LogP contribution < -0.4 is 4.74 Å². The Morgan fingerprint density at radius 1 is 1.31 bits per heavy atom. The smallest absolute Gasteiger partial charge is 0.145 e. The second-order valence-corrected chi connectivity index (χ2v) is 4.38. The molecule has 2 nitrogen and oxygen atoms in total. The van der Waals surface area contributed by atoms with E-state index >= 15 is 0 Å². The number of benzene rings is 1. The van der Waals surface area contributed by atoms with Gasteiger partial charge in [-0.2, -0.15) is 0 Å². The van der Waals surface area contributed by atoms with Crippen LogP contribution in [-0.4, -0.2) is 31.1 Å². The maximum Gasteiger partial charge on any atom is 0.145 e. The summed E-state index contributed by atoms with van der Waals surface area (Å²) in [6.45, 7) is 3.81. The van der Waals surface area contributed by atoms with Gasteiger partial charge in [0.15, 0.2) is 0 Å². The highest BCUT2D eigenvalue weighted by atomic mass is 35.5. The van der Waals surface area contributed by atoms with Crippen molar-refractivity contribution in [1.82, 2.24) is 4.90 Å². The number of ether oxygens (including phenoxy) is 1. The van der Waals surface area contributed by atoms with Crippen molar-refractivity contribution >= 4 is 11.6 Å². The number of likely N-dealkylation sites (tertiary alicyclic amines) is 1. The summed E-state index contributed by atoms with van der Waals surface area (Å²) in [5, 5.41) is 0.131. The molecule has 16 heavy (non-hydrogen) atoms. The highest BCUT2D eigenvalue weighted by molar-refractivity contribution is 6.30. The summed E-state index contributed by atoms with van der Waals surface area (Å²) >= 11 is 5.58. The molecule has 1 fully saturated rings. The third-order valence-corrected chi connectivity index (χ3v) is 3.07. The summed E-state index contributed by atoms with van der Waals surface area (Å²) in [5.74, 6) is 0.112. The molecule has 0 spiro atoms. The monoisotopic (exact) mass is 243 g/mol. The fourth-order valence-corrected chi connectivity index (χ4v) is 1.98. The topological polar surface area (TPSA) is 12.5 Å². The van der Waals surface area contributed by atoms with Gasteiger partial charge in [0, 0.05) is 12.6 Å². The van der Waals surface area contributed by atoms with Crippen LogP contribution in [-0.2, 0) is 0 Å². The van der Waals surface area contributed by atoms with Crippen molar-refractivity contribution in [3.63, 3.8) is 0 Å². The molecule has 0 aliphatic carbocycles. The van der Waals surface area contributed by atoms with Crippen molar-refractivity contribution in [2.45, 2.75) is 12.8 Å². The third-order valence-electron chi connectivity index (χ3n) is 2.77. The molecule has 0 unspecified atom stereocenters. The van der Waals surface area contributed by atoms with Gasteiger partial charge in [0.25, 0.3) is 0 Å². The summed E-state index contributed by atoms with van der Waals surface area (Å²) in [5.41, 5.74) is 0. The molecule has 1 aliphatic rings. The largest absolute Gasteiger partial charge is 0.492 e. The van der Waals surface area contributed by atoms with Gasteiger partial charge in [0.1, 0.15) is 18.2 Å². The zero-order chi connectivity index (χ0) is 11.4. The SMILES string of the molecule is Fc1cc(OCCN2CCCC2)ccc1Cl. The van der Waals surface area contributed by atoms with Crippen molar-refractivity contribution in [3.8, 4) is 5.75 Å². The molecule has 2 rings (SSSR count). The van der Waals surface area contributed by atoms with Crippen LogP contribution in [0.2, 0.25) is 5.02 Å². The molecule has 0 amide bonds. The second kappa shape index (κ2) is 5.51. The number of nitrogens with zero attached hydrogens (tertiary/aromatic N) is 1. The van der Waals surface area contributed by atoms with Crippen LogP contribution in [0.25, 0.3) is 0 Å². The first-order chi connectivity index (χ1) is 7.75. The van der Waals surface area contributed by atoms with Gasteiger partial charge in [-0.15, -0.1) is 0 Å².